The van der Waals surface area contributed by atoms with Crippen molar-refractivity contribution in [3.8, 4) is 84.6 Å². The second kappa shape index (κ2) is 41.2. The Bertz CT molecular complexity index is 7910. The van der Waals surface area contributed by atoms with Crippen LogP contribution in [0.25, 0.3) is 111 Å². The number of rotatable bonds is 23. The van der Waals surface area contributed by atoms with Gasteiger partial charge in [0.05, 0.1) is 96.6 Å². The molecule has 2 fully saturated rings. The van der Waals surface area contributed by atoms with Gasteiger partial charge in [0.15, 0.2) is 45.9 Å². The molecule has 2 aliphatic rings. The van der Waals surface area contributed by atoms with Crippen LogP contribution in [0, 0.1) is 6.92 Å². The fraction of sp³-hybridized carbons (Fsp3) is 0.253. The van der Waals surface area contributed by atoms with Crippen LogP contribution in [0.1, 0.15) is 77.0 Å². The summed E-state index contributed by atoms with van der Waals surface area (Å²) in [6.45, 7) is 17.9. The third-order valence-corrected chi connectivity index (χ3v) is 23.5. The van der Waals surface area contributed by atoms with Gasteiger partial charge in [-0.1, -0.05) is 0 Å². The molecule has 19 heterocycles. The number of methoxy groups -OCH3 is 4. The molecule has 0 spiro atoms. The van der Waals surface area contributed by atoms with E-state index in [2.05, 4.69) is 111 Å². The van der Waals surface area contributed by atoms with E-state index >= 15 is 0 Å². The third-order valence-electron chi connectivity index (χ3n) is 22.6. The first-order chi connectivity index (χ1) is 69.0. The van der Waals surface area contributed by atoms with E-state index in [1.165, 1.54) is 17.9 Å². The number of carbonyl (C=O) groups excluding carboxylic acids is 2. The first-order valence-corrected chi connectivity index (χ1v) is 46.0. The molecule has 2 amide bonds. The van der Waals surface area contributed by atoms with Crippen LogP contribution >= 0.6 is 11.5 Å². The lowest BCUT2D eigenvalue weighted by molar-refractivity contribution is 0.0238. The smallest absolute Gasteiger partial charge is 0.410 e. The summed E-state index contributed by atoms with van der Waals surface area (Å²) in [5.74, 6) is 8.92. The summed E-state index contributed by atoms with van der Waals surface area (Å²) in [5, 5.41) is 62.2. The topological polar surface area (TPSA) is 452 Å². The van der Waals surface area contributed by atoms with Crippen molar-refractivity contribution in [1.82, 2.24) is 138 Å². The van der Waals surface area contributed by atoms with Crippen LogP contribution in [0.3, 0.4) is 0 Å². The Kier molecular flexibility index (Phi) is 27.1. The van der Waals surface area contributed by atoms with Crippen LogP contribution in [0.4, 0.5) is 26.9 Å². The normalized spacial score (nSPS) is 13.2. The maximum Gasteiger partial charge on any atom is 0.410 e. The Morgan fingerprint density at radius 3 is 1.34 bits per heavy atom. The van der Waals surface area contributed by atoms with Crippen LogP contribution in [0.2, 0.25) is 0 Å². The molecule has 0 radical (unpaired) electrons. The maximum atomic E-state index is 12.4. The molecule has 22 rings (SSSR count). The van der Waals surface area contributed by atoms with E-state index in [1.54, 1.807) is 106 Å². The number of fused-ring (bicyclic) bond motifs is 8. The molecule has 718 valence electrons. The zero-order chi connectivity index (χ0) is 98.0. The Hall–Kier alpha value is -17.8. The predicted octanol–water partition coefficient (Wildman–Crippen LogP) is 15.0. The Labute approximate surface area is 814 Å². The highest BCUT2D eigenvalue weighted by Crippen LogP contribution is 2.35. The molecule has 0 aliphatic carbocycles. The molecule has 2 aliphatic heterocycles. The molecule has 1 unspecified atom stereocenters. The number of nitrogens with one attached hydrogen (secondary N) is 2. The van der Waals surface area contributed by atoms with Crippen molar-refractivity contribution in [2.45, 2.75) is 98.5 Å². The molecule has 2 N–H and O–H groups in total. The number of anilines is 3. The van der Waals surface area contributed by atoms with Crippen molar-refractivity contribution in [2.24, 2.45) is 0 Å². The van der Waals surface area contributed by atoms with E-state index in [0.717, 1.165) is 135 Å². The summed E-state index contributed by atoms with van der Waals surface area (Å²) in [6.07, 6.45) is 17.2. The number of hydrogen-bond donors (Lipinski definition) is 2. The van der Waals surface area contributed by atoms with Crippen molar-refractivity contribution in [3.63, 3.8) is 0 Å². The van der Waals surface area contributed by atoms with Gasteiger partial charge >= 0.3 is 12.2 Å². The first-order valence-electron chi connectivity index (χ1n) is 45.2. The molecule has 1 atom stereocenters. The van der Waals surface area contributed by atoms with E-state index in [4.69, 9.17) is 57.9 Å². The van der Waals surface area contributed by atoms with E-state index in [0.29, 0.717) is 115 Å². The third kappa shape index (κ3) is 21.6. The number of aryl methyl sites for hydroxylation is 1. The summed E-state index contributed by atoms with van der Waals surface area (Å²) in [6, 6.07) is 51.2. The molecule has 43 heteroatoms. The molecule has 0 saturated carbocycles. The predicted molar refractivity (Wildman–Crippen MR) is 528 cm³/mol. The van der Waals surface area contributed by atoms with Crippen LogP contribution in [0.15, 0.2) is 226 Å². The van der Waals surface area contributed by atoms with Crippen LogP contribution in [0.5, 0.6) is 40.2 Å². The molecule has 142 heavy (non-hydrogen) atoms. The number of likely N-dealkylation sites (tertiary alicyclic amines) is 1. The SMILES string of the molecule is COc1ccc2c(OCc3nnc4ccc(-c5ccc(N6CCN(C(=O)OC(C)(C)C)CC6)nc5)nn34)ccnc2c1.COc1ccc2c(OCc3nnc4ccc(-c5ccc(NC6CCN(C(=O)OC(C)(C)C)C6)nc5)nn34)ccnc2c1.COc1ccc2c(OCc3nnc4ccc(-c5cncnc5)nn34)ccnc2c1.COc1cnc2c(NCc3nnc4ccc(-c5cc(C)ns5)nn34)ccnc2c1. The second-order valence-electron chi connectivity index (χ2n) is 34.6. The maximum absolute atomic E-state index is 12.4. The molecular formula is C99H95N31O11S. The molecule has 20 aromatic rings. The van der Waals surface area contributed by atoms with Crippen LogP contribution < -0.4 is 48.7 Å². The lowest BCUT2D eigenvalue weighted by Gasteiger charge is -2.36. The number of nitrogens with zero attached hydrogens (tertiary/aromatic N) is 29. The standard InChI is InChI=1S/2C30H32N8O4.C20H15N7O2.C19H16N8OS/c1-30(2,3)42-29(39)37-14-12-20(17-37)33-26-9-5-19(16-32-26)23-8-10-27-34-35-28(38(27)36-23)18-41-25-11-13-31-24-15-21(40-4)6-7-22(24)25;1-30(2,3)42-29(39)37-15-13-36(14-16-37)26-9-5-20(18-32-26)23-8-10-27-33-34-28(38(27)35-23)19-41-25-11-12-31-24-17-21(40-4)6-7-22(24)25;1-28-14-2-3-15-17(8-14)23-7-6-18(15)29-11-20-25-24-19-5-4-16(26-27(19)20)13-9-21-12-22-10-13;1-11-7-16(29-26-11)13-3-4-17-23-24-18(27(17)25-13)10-21-14-5-6-20-15-8-12(28-2)9-22-19(14)15/h5-11,13,15-16,20H,12,14,17-18H2,1-4H3,(H,32,33);5-12,17-18H,13-16,19H2,1-4H3;2-10,12H,11H2,1H3;3-9H,10H2,1-2H3,(H,20,21). The largest absolute Gasteiger partial charge is 0.497 e. The summed E-state index contributed by atoms with van der Waals surface area (Å²) in [5.41, 5.74) is 12.8. The summed E-state index contributed by atoms with van der Waals surface area (Å²) >= 11 is 1.43. The number of pyridine rings is 7. The van der Waals surface area contributed by atoms with Gasteiger partial charge in [0.2, 0.25) is 0 Å². The van der Waals surface area contributed by atoms with E-state index in [-0.39, 0.29) is 38.0 Å². The van der Waals surface area contributed by atoms with Gasteiger partial charge in [0.25, 0.3) is 0 Å². The van der Waals surface area contributed by atoms with Gasteiger partial charge in [0, 0.05) is 152 Å². The highest BCUT2D eigenvalue weighted by atomic mass is 32.1. The summed E-state index contributed by atoms with van der Waals surface area (Å²) < 4.78 is 61.4. The van der Waals surface area contributed by atoms with Crippen molar-refractivity contribution < 1.29 is 52.2 Å². The lowest BCUT2D eigenvalue weighted by Crippen LogP contribution is -2.50. The molecule has 17 aromatic heterocycles. The number of benzene rings is 3. The van der Waals surface area contributed by atoms with Gasteiger partial charge in [-0.3, -0.25) is 19.9 Å². The monoisotopic (exact) mass is 1930 g/mol. The Balaban J connectivity index is 0.000000122. The number of aromatic nitrogens is 26. The van der Waals surface area contributed by atoms with Crippen molar-refractivity contribution in [3.05, 3.63) is 255 Å². The average molecular weight is 1930 g/mol. The van der Waals surface area contributed by atoms with Gasteiger partial charge in [0.1, 0.15) is 100 Å². The van der Waals surface area contributed by atoms with Crippen molar-refractivity contribution in [1.29, 1.82) is 0 Å². The highest BCUT2D eigenvalue weighted by Gasteiger charge is 2.32. The zero-order valence-corrected chi connectivity index (χ0v) is 79.9. The minimum atomic E-state index is -0.513. The minimum absolute atomic E-state index is 0.101. The van der Waals surface area contributed by atoms with Gasteiger partial charge in [-0.05, 0) is 206 Å². The lowest BCUT2D eigenvalue weighted by atomic mass is 10.2. The summed E-state index contributed by atoms with van der Waals surface area (Å²) in [4.78, 5) is 70.8. The van der Waals surface area contributed by atoms with E-state index in [1.807, 2.05) is 218 Å². The first kappa shape index (κ1) is 93.2. The Morgan fingerprint density at radius 1 is 0.415 bits per heavy atom. The molecule has 42 nitrogen and oxygen atoms in total. The highest BCUT2D eigenvalue weighted by molar-refractivity contribution is 7.09. The van der Waals surface area contributed by atoms with Gasteiger partial charge in [-0.2, -0.15) is 42.8 Å². The second-order valence-corrected chi connectivity index (χ2v) is 35.4. The number of carbonyl (C=O) groups is 2. The van der Waals surface area contributed by atoms with Gasteiger partial charge < -0.3 is 68.0 Å². The summed E-state index contributed by atoms with van der Waals surface area (Å²) in [7, 11) is 6.48. The quantitative estimate of drug-likeness (QED) is 0.0600. The number of ether oxygens (including phenoxy) is 9. The molecule has 3 aromatic carbocycles. The van der Waals surface area contributed by atoms with Crippen LogP contribution in [-0.4, -0.2) is 235 Å². The van der Waals surface area contributed by atoms with Gasteiger partial charge in [-0.25, -0.2) is 34.5 Å². The fourth-order valence-electron chi connectivity index (χ4n) is 15.5. The van der Waals surface area contributed by atoms with Crippen molar-refractivity contribution >= 4 is 107 Å². The number of amides is 2. The molecule has 2 saturated heterocycles. The van der Waals surface area contributed by atoms with Crippen molar-refractivity contribution in [2.75, 3.05) is 83.2 Å². The van der Waals surface area contributed by atoms with Gasteiger partial charge in [-0.15, -0.1) is 40.8 Å². The molecular weight excluding hydrogens is 1830 g/mol. The number of hydrogen-bond acceptors (Lipinski definition) is 37. The van der Waals surface area contributed by atoms with E-state index < -0.39 is 11.2 Å². The van der Waals surface area contributed by atoms with E-state index in [9.17, 15) is 9.59 Å². The van der Waals surface area contributed by atoms with Crippen LogP contribution in [-0.2, 0) is 35.8 Å². The Morgan fingerprint density at radius 2 is 0.866 bits per heavy atom. The molecule has 0 bridgehead atoms. The fourth-order valence-corrected chi connectivity index (χ4v) is 16.3. The zero-order valence-electron chi connectivity index (χ0n) is 79.1. The number of piperazine rings is 1. The average Bonchev–Trinajstić information content (AvgIpc) is 1.64. The minimum Gasteiger partial charge on any atom is -0.497 e.